The zero-order valence-electron chi connectivity index (χ0n) is 43.6. The average Bonchev–Trinajstić information content (AvgIpc) is 3.33. The van der Waals surface area contributed by atoms with Crippen molar-refractivity contribution < 1.29 is 28.6 Å². The molecule has 0 aromatic heterocycles. The van der Waals surface area contributed by atoms with E-state index >= 15 is 0 Å². The van der Waals surface area contributed by atoms with Gasteiger partial charge in [-0.05, 0) is 96.3 Å². The number of allylic oxidation sites excluding steroid dienone is 16. The molecule has 0 spiro atoms. The summed E-state index contributed by atoms with van der Waals surface area (Å²) in [6.07, 6.45) is 72.5. The van der Waals surface area contributed by atoms with Crippen molar-refractivity contribution in [2.45, 2.75) is 258 Å². The number of carbonyl (C=O) groups is 3. The minimum absolute atomic E-state index is 0.103. The first-order valence-electron chi connectivity index (χ1n) is 27.7. The fourth-order valence-electron chi connectivity index (χ4n) is 7.43. The van der Waals surface area contributed by atoms with Crippen molar-refractivity contribution in [1.82, 2.24) is 0 Å². The zero-order valence-corrected chi connectivity index (χ0v) is 43.6. The van der Waals surface area contributed by atoms with Gasteiger partial charge in [0.1, 0.15) is 13.2 Å². The zero-order chi connectivity index (χ0) is 48.6. The molecule has 0 aliphatic heterocycles. The molecule has 0 aliphatic carbocycles. The van der Waals surface area contributed by atoms with E-state index in [9.17, 15) is 14.4 Å². The third kappa shape index (κ3) is 53.2. The summed E-state index contributed by atoms with van der Waals surface area (Å²) in [5, 5.41) is 0. The van der Waals surface area contributed by atoms with Crippen LogP contribution >= 0.6 is 0 Å². The van der Waals surface area contributed by atoms with Crippen LogP contribution in [0.3, 0.4) is 0 Å². The van der Waals surface area contributed by atoms with E-state index in [1.807, 2.05) is 0 Å². The van der Waals surface area contributed by atoms with Gasteiger partial charge >= 0.3 is 17.9 Å². The van der Waals surface area contributed by atoms with E-state index in [1.54, 1.807) is 0 Å². The molecule has 6 heteroatoms. The number of ether oxygens (including phenoxy) is 3. The number of unbranched alkanes of at least 4 members (excludes halogenated alkanes) is 22. The van der Waals surface area contributed by atoms with Crippen LogP contribution in [0.4, 0.5) is 0 Å². The molecule has 1 atom stereocenters. The lowest BCUT2D eigenvalue weighted by molar-refractivity contribution is -0.167. The van der Waals surface area contributed by atoms with Gasteiger partial charge in [0.25, 0.3) is 0 Å². The van der Waals surface area contributed by atoms with Gasteiger partial charge in [-0.25, -0.2) is 0 Å². The molecule has 0 fully saturated rings. The van der Waals surface area contributed by atoms with E-state index < -0.39 is 6.10 Å². The average molecular weight is 931 g/mol. The quantitative estimate of drug-likeness (QED) is 0.0262. The van der Waals surface area contributed by atoms with Crippen LogP contribution in [0.15, 0.2) is 97.2 Å². The summed E-state index contributed by atoms with van der Waals surface area (Å²) < 4.78 is 16.8. The molecule has 0 bridgehead atoms. The first-order valence-corrected chi connectivity index (χ1v) is 27.7. The molecule has 6 nitrogen and oxygen atoms in total. The summed E-state index contributed by atoms with van der Waals surface area (Å²) in [7, 11) is 0. The molecule has 0 saturated carbocycles. The highest BCUT2D eigenvalue weighted by Gasteiger charge is 2.19. The van der Waals surface area contributed by atoms with Crippen molar-refractivity contribution in [3.63, 3.8) is 0 Å². The first kappa shape index (κ1) is 63.3. The topological polar surface area (TPSA) is 78.9 Å². The van der Waals surface area contributed by atoms with Crippen molar-refractivity contribution in [1.29, 1.82) is 0 Å². The molecule has 67 heavy (non-hydrogen) atoms. The molecular formula is C61H102O6. The summed E-state index contributed by atoms with van der Waals surface area (Å²) in [6.45, 7) is 6.44. The fraction of sp³-hybridized carbons (Fsp3) is 0.689. The van der Waals surface area contributed by atoms with Gasteiger partial charge in [-0.2, -0.15) is 0 Å². The summed E-state index contributed by atoms with van der Waals surface area (Å²) in [5.41, 5.74) is 0. The van der Waals surface area contributed by atoms with E-state index in [0.29, 0.717) is 19.3 Å². The normalized spacial score (nSPS) is 12.8. The molecule has 0 radical (unpaired) electrons. The van der Waals surface area contributed by atoms with Crippen molar-refractivity contribution in [3.05, 3.63) is 97.2 Å². The summed E-state index contributed by atoms with van der Waals surface area (Å²) >= 11 is 0. The lowest BCUT2D eigenvalue weighted by Crippen LogP contribution is -2.30. The molecule has 0 rings (SSSR count). The largest absolute Gasteiger partial charge is 0.462 e. The summed E-state index contributed by atoms with van der Waals surface area (Å²) in [4.78, 5) is 38.1. The van der Waals surface area contributed by atoms with Crippen LogP contribution in [-0.4, -0.2) is 37.2 Å². The van der Waals surface area contributed by atoms with Gasteiger partial charge in [-0.3, -0.25) is 14.4 Å². The van der Waals surface area contributed by atoms with Crippen molar-refractivity contribution in [2.75, 3.05) is 13.2 Å². The molecule has 382 valence electrons. The number of hydrogen-bond donors (Lipinski definition) is 0. The summed E-state index contributed by atoms with van der Waals surface area (Å²) in [5.74, 6) is -0.973. The maximum absolute atomic E-state index is 12.8. The molecule has 0 N–H and O–H groups in total. The Morgan fingerprint density at radius 2 is 0.597 bits per heavy atom. The lowest BCUT2D eigenvalue weighted by atomic mass is 10.0. The maximum atomic E-state index is 12.8. The SMILES string of the molecule is CC/C=C\C/C=C\C/C=C\C/C=C\C/C=C\CCCC(=O)OC(COC(=O)CCCCCCCC/C=C\C/C=C\C/C=C\CCCCC)COC(=O)CCCCCCCCCCCCCCC. The van der Waals surface area contributed by atoms with Gasteiger partial charge in [0.2, 0.25) is 0 Å². The van der Waals surface area contributed by atoms with Crippen LogP contribution in [0.1, 0.15) is 252 Å². The molecule has 1 unspecified atom stereocenters. The third-order valence-electron chi connectivity index (χ3n) is 11.6. The second kappa shape index (κ2) is 54.9. The van der Waals surface area contributed by atoms with Gasteiger partial charge in [0, 0.05) is 19.3 Å². The minimum Gasteiger partial charge on any atom is -0.462 e. The highest BCUT2D eigenvalue weighted by molar-refractivity contribution is 5.71. The third-order valence-corrected chi connectivity index (χ3v) is 11.6. The number of carbonyl (C=O) groups excluding carboxylic acids is 3. The van der Waals surface area contributed by atoms with Crippen LogP contribution in [0.25, 0.3) is 0 Å². The van der Waals surface area contributed by atoms with Gasteiger partial charge in [0.15, 0.2) is 6.10 Å². The van der Waals surface area contributed by atoms with Crippen LogP contribution in [0.2, 0.25) is 0 Å². The van der Waals surface area contributed by atoms with E-state index in [2.05, 4.69) is 118 Å². The Morgan fingerprint density at radius 3 is 0.985 bits per heavy atom. The van der Waals surface area contributed by atoms with E-state index in [1.165, 1.54) is 103 Å². The van der Waals surface area contributed by atoms with Crippen LogP contribution in [0.5, 0.6) is 0 Å². The Kier molecular flexibility index (Phi) is 51.9. The van der Waals surface area contributed by atoms with Crippen molar-refractivity contribution in [3.8, 4) is 0 Å². The fourth-order valence-corrected chi connectivity index (χ4v) is 7.43. The Bertz CT molecular complexity index is 1350. The molecule has 0 saturated heterocycles. The number of esters is 3. The second-order valence-corrected chi connectivity index (χ2v) is 18.1. The minimum atomic E-state index is -0.812. The number of hydrogen-bond acceptors (Lipinski definition) is 6. The van der Waals surface area contributed by atoms with Crippen molar-refractivity contribution in [2.24, 2.45) is 0 Å². The van der Waals surface area contributed by atoms with Crippen LogP contribution in [-0.2, 0) is 28.6 Å². The van der Waals surface area contributed by atoms with Crippen molar-refractivity contribution >= 4 is 17.9 Å². The maximum Gasteiger partial charge on any atom is 0.306 e. The molecular weight excluding hydrogens is 829 g/mol. The second-order valence-electron chi connectivity index (χ2n) is 18.1. The number of rotatable bonds is 49. The Balaban J connectivity index is 4.49. The van der Waals surface area contributed by atoms with Gasteiger partial charge in [-0.15, -0.1) is 0 Å². The predicted octanol–water partition coefficient (Wildman–Crippen LogP) is 18.5. The lowest BCUT2D eigenvalue weighted by Gasteiger charge is -2.18. The monoisotopic (exact) mass is 931 g/mol. The van der Waals surface area contributed by atoms with Gasteiger partial charge in [0.05, 0.1) is 0 Å². The molecule has 0 aromatic carbocycles. The molecule has 0 amide bonds. The smallest absolute Gasteiger partial charge is 0.306 e. The Hall–Kier alpha value is -3.67. The molecule has 0 aliphatic rings. The van der Waals surface area contributed by atoms with Gasteiger partial charge in [-0.1, -0.05) is 234 Å². The predicted molar refractivity (Wildman–Crippen MR) is 288 cm³/mol. The van der Waals surface area contributed by atoms with Gasteiger partial charge < -0.3 is 14.2 Å². The van der Waals surface area contributed by atoms with E-state index in [4.69, 9.17) is 14.2 Å². The first-order chi connectivity index (χ1) is 33.0. The van der Waals surface area contributed by atoms with Crippen LogP contribution in [0, 0.1) is 0 Å². The van der Waals surface area contributed by atoms with Crippen LogP contribution < -0.4 is 0 Å². The standard InChI is InChI=1S/C61H102O6/c1-4-7-10-13-16-19-22-25-27-29-30-32-33-36-39-42-45-48-51-54-60(63)66-57-58(56-65-59(62)53-50-47-44-41-38-35-24-21-18-15-12-9-6-3)67-61(64)55-52-49-46-43-40-37-34-31-28-26-23-20-17-14-11-8-5-2/h8,11,16-17,19-20,25-28,30,32,34,37,43,46,58H,4-7,9-10,12-15,18,21-24,29,31,33,35-36,38-42,44-45,47-57H2,1-3H3/b11-8-,19-16-,20-17-,27-25-,28-26-,32-30-,37-34-,46-43-. The molecule has 0 heterocycles. The summed E-state index contributed by atoms with van der Waals surface area (Å²) in [6, 6.07) is 0. The van der Waals surface area contributed by atoms with E-state index in [0.717, 1.165) is 103 Å². The Labute approximate surface area is 413 Å². The Morgan fingerprint density at radius 1 is 0.313 bits per heavy atom. The molecule has 0 aromatic rings. The highest BCUT2D eigenvalue weighted by Crippen LogP contribution is 2.14. The van der Waals surface area contributed by atoms with E-state index in [-0.39, 0.29) is 37.5 Å². The highest BCUT2D eigenvalue weighted by atomic mass is 16.6.